The van der Waals surface area contributed by atoms with Gasteiger partial charge in [0.25, 0.3) is 0 Å². The van der Waals surface area contributed by atoms with E-state index in [1.807, 2.05) is 31.3 Å². The molecule has 0 saturated carbocycles. The molecule has 1 saturated heterocycles. The van der Waals surface area contributed by atoms with Gasteiger partial charge in [0.1, 0.15) is 0 Å². The Morgan fingerprint density at radius 3 is 2.52 bits per heavy atom. The molecule has 4 rings (SSSR count). The van der Waals surface area contributed by atoms with Gasteiger partial charge in [0.05, 0.1) is 6.26 Å². The maximum Gasteiger partial charge on any atom is 0.208 e. The zero-order valence-electron chi connectivity index (χ0n) is 18.1. The van der Waals surface area contributed by atoms with Gasteiger partial charge >= 0.3 is 0 Å². The number of sulfonamides is 1. The first-order valence-corrected chi connectivity index (χ1v) is 12.8. The van der Waals surface area contributed by atoms with Gasteiger partial charge in [0, 0.05) is 36.8 Å². The first-order chi connectivity index (χ1) is 14.8. The fraction of sp³-hybridized carbons (Fsp3) is 0.400. The second-order valence-corrected chi connectivity index (χ2v) is 10.6. The Balaban J connectivity index is 1.65. The fourth-order valence-corrected chi connectivity index (χ4v) is 5.84. The maximum absolute atomic E-state index is 12.3. The second-order valence-electron chi connectivity index (χ2n) is 8.80. The van der Waals surface area contributed by atoms with Crippen LogP contribution in [0.5, 0.6) is 0 Å². The molecule has 1 N–H and O–H groups in total. The number of rotatable bonds is 5. The Morgan fingerprint density at radius 1 is 1.03 bits per heavy atom. The Morgan fingerprint density at radius 2 is 1.77 bits per heavy atom. The van der Waals surface area contributed by atoms with Crippen LogP contribution in [0, 0.1) is 5.92 Å². The topological polar surface area (TPSA) is 66.5 Å². The van der Waals surface area contributed by atoms with E-state index in [9.17, 15) is 13.2 Å². The molecule has 5 nitrogen and oxygen atoms in total. The third-order valence-corrected chi connectivity index (χ3v) is 7.20. The fourth-order valence-electron chi connectivity index (χ4n) is 5.00. The second kappa shape index (κ2) is 8.97. The van der Waals surface area contributed by atoms with Crippen molar-refractivity contribution in [3.05, 3.63) is 71.9 Å². The smallest absolute Gasteiger partial charge is 0.208 e. The molecule has 31 heavy (non-hydrogen) atoms. The molecular weight excluding hydrogens is 408 g/mol. The zero-order chi connectivity index (χ0) is 22.0. The lowest BCUT2D eigenvalue weighted by Gasteiger charge is -2.45. The summed E-state index contributed by atoms with van der Waals surface area (Å²) in [6.45, 7) is 2.63. The molecule has 2 aliphatic rings. The molecule has 3 unspecified atom stereocenters. The van der Waals surface area contributed by atoms with E-state index in [0.717, 1.165) is 36.9 Å². The van der Waals surface area contributed by atoms with Crippen molar-refractivity contribution >= 4 is 15.8 Å². The van der Waals surface area contributed by atoms with E-state index in [1.54, 1.807) is 0 Å². The van der Waals surface area contributed by atoms with Crippen molar-refractivity contribution in [1.82, 2.24) is 9.62 Å². The van der Waals surface area contributed by atoms with Gasteiger partial charge in [0.15, 0.2) is 5.78 Å². The molecule has 0 amide bonds. The van der Waals surface area contributed by atoms with E-state index < -0.39 is 10.0 Å². The van der Waals surface area contributed by atoms with Gasteiger partial charge in [0.2, 0.25) is 10.0 Å². The van der Waals surface area contributed by atoms with Crippen molar-refractivity contribution in [3.8, 4) is 11.1 Å². The molecule has 3 atom stereocenters. The number of fused-ring (bicyclic) bond motifs is 1. The maximum atomic E-state index is 12.3. The lowest BCUT2D eigenvalue weighted by molar-refractivity contribution is -0.115. The van der Waals surface area contributed by atoms with Crippen LogP contribution in [0.15, 0.2) is 66.4 Å². The highest BCUT2D eigenvalue weighted by molar-refractivity contribution is 7.88. The normalized spacial score (nSPS) is 24.3. The van der Waals surface area contributed by atoms with Crippen molar-refractivity contribution < 1.29 is 13.2 Å². The molecule has 2 heterocycles. The van der Waals surface area contributed by atoms with Crippen molar-refractivity contribution in [1.29, 1.82) is 0 Å². The van der Waals surface area contributed by atoms with E-state index in [-0.39, 0.29) is 23.8 Å². The van der Waals surface area contributed by atoms with Crippen LogP contribution in [0.25, 0.3) is 11.1 Å². The van der Waals surface area contributed by atoms with E-state index in [0.29, 0.717) is 6.42 Å². The third kappa shape index (κ3) is 5.25. The number of carbonyl (C=O) groups excluding carboxylic acids is 1. The zero-order valence-corrected chi connectivity index (χ0v) is 18.9. The summed E-state index contributed by atoms with van der Waals surface area (Å²) >= 11 is 0. The molecule has 0 aromatic heterocycles. The molecule has 0 bridgehead atoms. The standard InChI is InChI=1S/C25H30N2O3S/c1-18-17-27-14-13-23(26-31(2,29)30)22(24(27)11-12-25(18)28)16-19-7-6-10-21(15-19)20-8-4-3-5-9-20/h3-10,15,17,22-24,26H,11-14,16H2,1-2H3. The number of carbonyl (C=O) groups is 1. The highest BCUT2D eigenvalue weighted by Crippen LogP contribution is 2.34. The van der Waals surface area contributed by atoms with E-state index in [4.69, 9.17) is 0 Å². The van der Waals surface area contributed by atoms with Gasteiger partial charge in [-0.05, 0) is 48.8 Å². The summed E-state index contributed by atoms with van der Waals surface area (Å²) in [5, 5.41) is 0. The van der Waals surface area contributed by atoms with Gasteiger partial charge < -0.3 is 4.90 Å². The summed E-state index contributed by atoms with van der Waals surface area (Å²) in [4.78, 5) is 14.6. The first kappa shape index (κ1) is 21.8. The molecular formula is C25H30N2O3S. The number of nitrogens with one attached hydrogen (secondary N) is 1. The molecule has 0 aliphatic carbocycles. The van der Waals surface area contributed by atoms with Crippen LogP contribution < -0.4 is 4.72 Å². The van der Waals surface area contributed by atoms with Crippen LogP contribution in [0.2, 0.25) is 0 Å². The van der Waals surface area contributed by atoms with Gasteiger partial charge in [-0.3, -0.25) is 4.79 Å². The minimum Gasteiger partial charge on any atom is -0.374 e. The Kier molecular flexibility index (Phi) is 6.30. The number of allylic oxidation sites excluding steroid dienone is 1. The van der Waals surface area contributed by atoms with Crippen LogP contribution in [0.4, 0.5) is 0 Å². The largest absolute Gasteiger partial charge is 0.374 e. The molecule has 164 valence electrons. The van der Waals surface area contributed by atoms with Gasteiger partial charge in [-0.15, -0.1) is 0 Å². The van der Waals surface area contributed by atoms with Crippen molar-refractivity contribution in [2.24, 2.45) is 5.92 Å². The average molecular weight is 439 g/mol. The third-order valence-electron chi connectivity index (χ3n) is 6.47. The number of benzene rings is 2. The SMILES string of the molecule is CC1=CN2CCC(NS(C)(=O)=O)C(Cc3cccc(-c4ccccc4)c3)C2CCC1=O. The van der Waals surface area contributed by atoms with Gasteiger partial charge in [-0.25, -0.2) is 13.1 Å². The first-order valence-electron chi connectivity index (χ1n) is 10.9. The van der Waals surface area contributed by atoms with Crippen LogP contribution in [-0.2, 0) is 21.2 Å². The summed E-state index contributed by atoms with van der Waals surface area (Å²) in [6, 6.07) is 18.8. The molecule has 6 heteroatoms. The molecule has 2 aliphatic heterocycles. The van der Waals surface area contributed by atoms with Crippen molar-refractivity contribution in [2.75, 3.05) is 12.8 Å². The summed E-state index contributed by atoms with van der Waals surface area (Å²) in [6.07, 6.45) is 5.96. The van der Waals surface area contributed by atoms with E-state index in [1.165, 1.54) is 17.4 Å². The number of ketones is 1. The van der Waals surface area contributed by atoms with E-state index >= 15 is 0 Å². The lowest BCUT2D eigenvalue weighted by atomic mass is 9.79. The number of hydrogen-bond acceptors (Lipinski definition) is 4. The minimum absolute atomic E-state index is 0.0875. The van der Waals surface area contributed by atoms with E-state index in [2.05, 4.69) is 46.0 Å². The molecule has 0 radical (unpaired) electrons. The predicted octanol–water partition coefficient (Wildman–Crippen LogP) is 3.77. The van der Waals surface area contributed by atoms with Crippen LogP contribution in [-0.4, -0.2) is 44.0 Å². The number of hydrogen-bond donors (Lipinski definition) is 1. The Bertz CT molecular complexity index is 1080. The quantitative estimate of drug-likeness (QED) is 0.772. The van der Waals surface area contributed by atoms with Crippen LogP contribution in [0.1, 0.15) is 31.7 Å². The lowest BCUT2D eigenvalue weighted by Crippen LogP contribution is -2.55. The number of nitrogens with zero attached hydrogens (tertiary/aromatic N) is 1. The predicted molar refractivity (Wildman–Crippen MR) is 124 cm³/mol. The van der Waals surface area contributed by atoms with Crippen LogP contribution in [0.3, 0.4) is 0 Å². The number of Topliss-reactive ketones (excluding diaryl/α,β-unsaturated/α-hetero) is 1. The van der Waals surface area contributed by atoms with Gasteiger partial charge in [-0.2, -0.15) is 0 Å². The molecule has 2 aromatic rings. The summed E-state index contributed by atoms with van der Waals surface area (Å²) in [5.74, 6) is 0.274. The minimum atomic E-state index is -3.32. The van der Waals surface area contributed by atoms with Crippen molar-refractivity contribution in [2.45, 2.75) is 44.7 Å². The molecule has 1 fully saturated rings. The van der Waals surface area contributed by atoms with Gasteiger partial charge in [-0.1, -0.05) is 54.6 Å². The molecule has 0 spiro atoms. The highest BCUT2D eigenvalue weighted by atomic mass is 32.2. The van der Waals surface area contributed by atoms with Crippen molar-refractivity contribution in [3.63, 3.8) is 0 Å². The Labute approximate surface area is 185 Å². The monoisotopic (exact) mass is 438 g/mol. The summed E-state index contributed by atoms with van der Waals surface area (Å²) in [5.41, 5.74) is 4.30. The molecule has 2 aromatic carbocycles. The summed E-state index contributed by atoms with van der Waals surface area (Å²) in [7, 11) is -3.32. The Hall–Kier alpha value is -2.44. The number of piperidine rings is 1. The summed E-state index contributed by atoms with van der Waals surface area (Å²) < 4.78 is 27.0. The average Bonchev–Trinajstić information content (AvgIpc) is 2.88. The highest BCUT2D eigenvalue weighted by Gasteiger charge is 2.39. The van der Waals surface area contributed by atoms with Crippen LogP contribution >= 0.6 is 0 Å².